The van der Waals surface area contributed by atoms with E-state index in [9.17, 15) is 0 Å². The van der Waals surface area contributed by atoms with E-state index >= 15 is 0 Å². The van der Waals surface area contributed by atoms with Crippen LogP contribution < -0.4 is 5.32 Å². The highest BCUT2D eigenvalue weighted by molar-refractivity contribution is 4.86. The Hall–Kier alpha value is -0.0800. The molecule has 2 nitrogen and oxygen atoms in total. The van der Waals surface area contributed by atoms with Crippen LogP contribution in [0.15, 0.2) is 0 Å². The number of nitrogens with one attached hydrogen (secondary N) is 1. The van der Waals surface area contributed by atoms with Crippen LogP contribution in [0.2, 0.25) is 0 Å². The van der Waals surface area contributed by atoms with Crippen LogP contribution in [0.25, 0.3) is 0 Å². The molecular weight excluding hydrogens is 160 g/mol. The Morgan fingerprint density at radius 3 is 2.46 bits per heavy atom. The minimum atomic E-state index is 0.614. The quantitative estimate of drug-likeness (QED) is 0.703. The van der Waals surface area contributed by atoms with Crippen molar-refractivity contribution in [2.75, 3.05) is 13.6 Å². The van der Waals surface area contributed by atoms with Crippen molar-refractivity contribution in [1.82, 2.24) is 10.2 Å². The van der Waals surface area contributed by atoms with Gasteiger partial charge in [0.2, 0.25) is 0 Å². The van der Waals surface area contributed by atoms with Crippen molar-refractivity contribution in [3.05, 3.63) is 0 Å². The number of piperidine rings is 1. The Labute approximate surface area is 82.7 Å². The molecule has 0 saturated carbocycles. The van der Waals surface area contributed by atoms with E-state index < -0.39 is 0 Å². The maximum atomic E-state index is 3.66. The maximum absolute atomic E-state index is 3.66. The summed E-state index contributed by atoms with van der Waals surface area (Å²) in [4.78, 5) is 2.46. The summed E-state index contributed by atoms with van der Waals surface area (Å²) in [5, 5.41) is 3.66. The van der Waals surface area contributed by atoms with Crippen LogP contribution >= 0.6 is 0 Å². The average Bonchev–Trinajstić information content (AvgIpc) is 1.99. The summed E-state index contributed by atoms with van der Waals surface area (Å²) >= 11 is 0. The van der Waals surface area contributed by atoms with Gasteiger partial charge in [0, 0.05) is 24.7 Å². The Morgan fingerprint density at radius 1 is 1.31 bits per heavy atom. The van der Waals surface area contributed by atoms with E-state index in [-0.39, 0.29) is 0 Å². The highest BCUT2D eigenvalue weighted by Crippen LogP contribution is 2.20. The normalized spacial score (nSPS) is 36.9. The minimum absolute atomic E-state index is 0.614. The molecule has 13 heavy (non-hydrogen) atoms. The Balaban J connectivity index is 2.46. The van der Waals surface area contributed by atoms with Gasteiger partial charge in [0.25, 0.3) is 0 Å². The number of likely N-dealkylation sites (tertiary alicyclic amines) is 1. The summed E-state index contributed by atoms with van der Waals surface area (Å²) in [5.41, 5.74) is 0. The fourth-order valence-corrected chi connectivity index (χ4v) is 2.20. The first-order valence-electron chi connectivity index (χ1n) is 5.47. The summed E-state index contributed by atoms with van der Waals surface area (Å²) < 4.78 is 0. The Bertz CT molecular complexity index is 156. The molecule has 1 N–H and O–H groups in total. The van der Waals surface area contributed by atoms with Crippen molar-refractivity contribution in [2.24, 2.45) is 5.92 Å². The second-order valence-corrected chi connectivity index (χ2v) is 4.93. The van der Waals surface area contributed by atoms with Gasteiger partial charge in [-0.15, -0.1) is 0 Å². The lowest BCUT2D eigenvalue weighted by Gasteiger charge is -2.40. The molecule has 1 aliphatic heterocycles. The van der Waals surface area contributed by atoms with Crippen LogP contribution in [0.1, 0.15) is 34.1 Å². The van der Waals surface area contributed by atoms with Crippen molar-refractivity contribution in [1.29, 1.82) is 0 Å². The first kappa shape index (κ1) is 11.0. The van der Waals surface area contributed by atoms with Crippen molar-refractivity contribution in [2.45, 2.75) is 52.2 Å². The van der Waals surface area contributed by atoms with Gasteiger partial charge >= 0.3 is 0 Å². The summed E-state index contributed by atoms with van der Waals surface area (Å²) in [7, 11) is 2.23. The lowest BCUT2D eigenvalue weighted by Crippen LogP contribution is -2.52. The molecule has 1 aliphatic rings. The standard InChI is InChI=1S/C11H24N2/c1-8(2)12-11-6-10(4)13(5)7-9(11)3/h8-12H,6-7H2,1-5H3/t9-,10-,11-/m1/s1. The smallest absolute Gasteiger partial charge is 0.0122 e. The van der Waals surface area contributed by atoms with Crippen LogP contribution in [0, 0.1) is 5.92 Å². The van der Waals surface area contributed by atoms with Crippen LogP contribution in [-0.4, -0.2) is 36.6 Å². The number of hydrogen-bond donors (Lipinski definition) is 1. The molecule has 0 amide bonds. The molecule has 3 atom stereocenters. The zero-order valence-corrected chi connectivity index (χ0v) is 9.67. The van der Waals surface area contributed by atoms with Gasteiger partial charge in [-0.3, -0.25) is 0 Å². The highest BCUT2D eigenvalue weighted by Gasteiger charge is 2.28. The molecule has 2 heteroatoms. The summed E-state index contributed by atoms with van der Waals surface area (Å²) in [5.74, 6) is 0.781. The van der Waals surface area contributed by atoms with Crippen molar-refractivity contribution < 1.29 is 0 Å². The molecular formula is C11H24N2. The average molecular weight is 184 g/mol. The molecule has 1 heterocycles. The van der Waals surface area contributed by atoms with Gasteiger partial charge in [-0.05, 0) is 26.3 Å². The molecule has 0 radical (unpaired) electrons. The molecule has 1 saturated heterocycles. The summed E-state index contributed by atoms with van der Waals surface area (Å²) in [6, 6.07) is 2.06. The minimum Gasteiger partial charge on any atom is -0.311 e. The third-order valence-electron chi connectivity index (χ3n) is 3.16. The van der Waals surface area contributed by atoms with Crippen LogP contribution in [0.4, 0.5) is 0 Å². The van der Waals surface area contributed by atoms with E-state index in [0.29, 0.717) is 12.1 Å². The van der Waals surface area contributed by atoms with Crippen molar-refractivity contribution >= 4 is 0 Å². The fraction of sp³-hybridized carbons (Fsp3) is 1.00. The molecule has 0 bridgehead atoms. The molecule has 0 aromatic rings. The largest absolute Gasteiger partial charge is 0.311 e. The molecule has 0 aliphatic carbocycles. The number of hydrogen-bond acceptors (Lipinski definition) is 2. The Morgan fingerprint density at radius 2 is 1.92 bits per heavy atom. The molecule has 1 rings (SSSR count). The third-order valence-corrected chi connectivity index (χ3v) is 3.16. The SMILES string of the molecule is CC(C)N[C@@H]1C[C@@H](C)N(C)C[C@H]1C. The Kier molecular flexibility index (Phi) is 3.74. The van der Waals surface area contributed by atoms with E-state index in [1.165, 1.54) is 13.0 Å². The molecule has 1 fully saturated rings. The third kappa shape index (κ3) is 2.96. The van der Waals surface area contributed by atoms with E-state index in [4.69, 9.17) is 0 Å². The molecule has 0 aromatic heterocycles. The van der Waals surface area contributed by atoms with Gasteiger partial charge < -0.3 is 10.2 Å². The van der Waals surface area contributed by atoms with E-state index in [0.717, 1.165) is 12.0 Å². The van der Waals surface area contributed by atoms with Gasteiger partial charge in [0.05, 0.1) is 0 Å². The van der Waals surface area contributed by atoms with E-state index in [1.54, 1.807) is 0 Å². The lowest BCUT2D eigenvalue weighted by atomic mass is 9.89. The van der Waals surface area contributed by atoms with Crippen molar-refractivity contribution in [3.8, 4) is 0 Å². The van der Waals surface area contributed by atoms with Gasteiger partial charge in [-0.2, -0.15) is 0 Å². The first-order valence-corrected chi connectivity index (χ1v) is 5.47. The lowest BCUT2D eigenvalue weighted by molar-refractivity contribution is 0.118. The van der Waals surface area contributed by atoms with Gasteiger partial charge in [0.15, 0.2) is 0 Å². The monoisotopic (exact) mass is 184 g/mol. The molecule has 78 valence electrons. The molecule has 0 unspecified atom stereocenters. The number of rotatable bonds is 2. The zero-order chi connectivity index (χ0) is 10.0. The topological polar surface area (TPSA) is 15.3 Å². The maximum Gasteiger partial charge on any atom is 0.0122 e. The van der Waals surface area contributed by atoms with Gasteiger partial charge in [-0.1, -0.05) is 20.8 Å². The summed E-state index contributed by atoms with van der Waals surface area (Å²) in [6.45, 7) is 10.4. The number of nitrogens with zero attached hydrogens (tertiary/aromatic N) is 1. The predicted octanol–water partition coefficient (Wildman–Crippen LogP) is 1.71. The summed E-state index contributed by atoms with van der Waals surface area (Å²) in [6.07, 6.45) is 1.29. The molecule has 0 aromatic carbocycles. The van der Waals surface area contributed by atoms with Crippen molar-refractivity contribution in [3.63, 3.8) is 0 Å². The van der Waals surface area contributed by atoms with Gasteiger partial charge in [-0.25, -0.2) is 0 Å². The van der Waals surface area contributed by atoms with E-state index in [2.05, 4.69) is 45.0 Å². The second-order valence-electron chi connectivity index (χ2n) is 4.93. The predicted molar refractivity (Wildman–Crippen MR) is 57.9 cm³/mol. The van der Waals surface area contributed by atoms with Crippen LogP contribution in [-0.2, 0) is 0 Å². The first-order chi connectivity index (χ1) is 6.00. The second kappa shape index (κ2) is 4.43. The van der Waals surface area contributed by atoms with Crippen LogP contribution in [0.5, 0.6) is 0 Å². The zero-order valence-electron chi connectivity index (χ0n) is 9.67. The fourth-order valence-electron chi connectivity index (χ4n) is 2.20. The van der Waals surface area contributed by atoms with E-state index in [1.807, 2.05) is 0 Å². The molecule has 0 spiro atoms. The van der Waals surface area contributed by atoms with Crippen LogP contribution in [0.3, 0.4) is 0 Å². The highest BCUT2D eigenvalue weighted by atomic mass is 15.2. The van der Waals surface area contributed by atoms with Gasteiger partial charge in [0.1, 0.15) is 0 Å².